The minimum Gasteiger partial charge on any atom is -0.311 e. The number of rotatable bonds is 12. The maximum Gasteiger partial charge on any atom is 0.0463 e. The molecule has 0 saturated heterocycles. The number of benzene rings is 10. The van der Waals surface area contributed by atoms with Gasteiger partial charge in [-0.05, 0) is 149 Å². The molecule has 0 aliphatic heterocycles. The van der Waals surface area contributed by atoms with Crippen molar-refractivity contribution in [3.05, 3.63) is 272 Å². The van der Waals surface area contributed by atoms with E-state index >= 15 is 0 Å². The van der Waals surface area contributed by atoms with Crippen LogP contribution in [0.15, 0.2) is 267 Å². The SMILES string of the molecule is Cc1ccc(N(c2ccc(-c3ccccc3)cc2)c2ccc(-c3ccc(N(c4ccc(-c5ccccc5)cc4)c4ccc(N(c5ccccc5)c5ccccc5)cc4)cc3)cc2)cc1. The highest BCUT2D eigenvalue weighted by molar-refractivity contribution is 5.84. The Labute approximate surface area is 377 Å². The van der Waals surface area contributed by atoms with Gasteiger partial charge in [0.1, 0.15) is 0 Å². The molecule has 10 rings (SSSR count). The summed E-state index contributed by atoms with van der Waals surface area (Å²) >= 11 is 0. The van der Waals surface area contributed by atoms with Gasteiger partial charge >= 0.3 is 0 Å². The standard InChI is InChI=1S/C61H47N3/c1-46-22-32-55(33-23-46)63(56-34-24-49(25-35-56)47-14-6-2-7-15-47)57-38-28-51(29-39-57)52-30-40-59(41-31-52)64(58-36-26-50(27-37-58)48-16-8-3-9-17-48)61-44-42-60(43-45-61)62(53-18-10-4-11-19-53)54-20-12-5-13-21-54/h2-45H,1H3. The molecular formula is C61H47N3. The Bertz CT molecular complexity index is 2990. The van der Waals surface area contributed by atoms with Crippen LogP contribution in [-0.4, -0.2) is 0 Å². The molecule has 0 aliphatic carbocycles. The molecule has 0 amide bonds. The first-order valence-electron chi connectivity index (χ1n) is 21.8. The monoisotopic (exact) mass is 821 g/mol. The molecule has 0 radical (unpaired) electrons. The Morgan fingerprint density at radius 1 is 0.172 bits per heavy atom. The molecule has 306 valence electrons. The average molecular weight is 822 g/mol. The Balaban J connectivity index is 0.968. The van der Waals surface area contributed by atoms with Crippen LogP contribution in [0.25, 0.3) is 33.4 Å². The lowest BCUT2D eigenvalue weighted by molar-refractivity contribution is 1.26. The minimum atomic E-state index is 1.07. The van der Waals surface area contributed by atoms with Crippen molar-refractivity contribution in [2.45, 2.75) is 6.92 Å². The first kappa shape index (κ1) is 39.7. The first-order chi connectivity index (χ1) is 31.6. The maximum atomic E-state index is 2.34. The summed E-state index contributed by atoms with van der Waals surface area (Å²) in [6.07, 6.45) is 0. The van der Waals surface area contributed by atoms with Crippen LogP contribution in [0, 0.1) is 6.92 Å². The van der Waals surface area contributed by atoms with E-state index < -0.39 is 0 Å². The van der Waals surface area contributed by atoms with E-state index in [1.807, 2.05) is 0 Å². The quantitative estimate of drug-likeness (QED) is 0.122. The molecule has 0 bridgehead atoms. The van der Waals surface area contributed by atoms with Crippen LogP contribution in [0.4, 0.5) is 51.2 Å². The fourth-order valence-corrected chi connectivity index (χ4v) is 8.41. The molecule has 3 heteroatoms. The van der Waals surface area contributed by atoms with E-state index in [1.165, 1.54) is 27.8 Å². The average Bonchev–Trinajstić information content (AvgIpc) is 3.37. The molecular weight excluding hydrogens is 775 g/mol. The second-order valence-corrected chi connectivity index (χ2v) is 15.9. The molecule has 0 aromatic heterocycles. The molecule has 10 aromatic carbocycles. The molecule has 10 aromatic rings. The van der Waals surface area contributed by atoms with Crippen LogP contribution in [0.3, 0.4) is 0 Å². The zero-order valence-corrected chi connectivity index (χ0v) is 35.7. The maximum absolute atomic E-state index is 2.34. The third-order valence-electron chi connectivity index (χ3n) is 11.7. The lowest BCUT2D eigenvalue weighted by Crippen LogP contribution is -2.12. The van der Waals surface area contributed by atoms with Crippen LogP contribution in [0.2, 0.25) is 0 Å². The molecule has 64 heavy (non-hydrogen) atoms. The smallest absolute Gasteiger partial charge is 0.0463 e. The Kier molecular flexibility index (Phi) is 11.4. The topological polar surface area (TPSA) is 9.72 Å². The summed E-state index contributed by atoms with van der Waals surface area (Å²) in [5.74, 6) is 0. The fraction of sp³-hybridized carbons (Fsp3) is 0.0164. The van der Waals surface area contributed by atoms with Gasteiger partial charge in [0.15, 0.2) is 0 Å². The number of anilines is 9. The third-order valence-corrected chi connectivity index (χ3v) is 11.7. The second kappa shape index (κ2) is 18.3. The van der Waals surface area contributed by atoms with Gasteiger partial charge in [0.25, 0.3) is 0 Å². The number of hydrogen-bond acceptors (Lipinski definition) is 3. The number of para-hydroxylation sites is 2. The van der Waals surface area contributed by atoms with Gasteiger partial charge in [-0.25, -0.2) is 0 Å². The van der Waals surface area contributed by atoms with Crippen molar-refractivity contribution in [3.63, 3.8) is 0 Å². The first-order valence-corrected chi connectivity index (χ1v) is 21.8. The molecule has 0 spiro atoms. The third kappa shape index (κ3) is 8.56. The molecule has 0 N–H and O–H groups in total. The Morgan fingerprint density at radius 2 is 0.344 bits per heavy atom. The predicted molar refractivity (Wildman–Crippen MR) is 272 cm³/mol. The molecule has 0 fully saturated rings. The van der Waals surface area contributed by atoms with Gasteiger partial charge in [-0.2, -0.15) is 0 Å². The van der Waals surface area contributed by atoms with Crippen LogP contribution in [0.1, 0.15) is 5.56 Å². The van der Waals surface area contributed by atoms with Gasteiger partial charge in [0, 0.05) is 51.2 Å². The van der Waals surface area contributed by atoms with Gasteiger partial charge in [0.2, 0.25) is 0 Å². The van der Waals surface area contributed by atoms with E-state index in [2.05, 4.69) is 289 Å². The van der Waals surface area contributed by atoms with Crippen LogP contribution in [0.5, 0.6) is 0 Å². The fourth-order valence-electron chi connectivity index (χ4n) is 8.41. The lowest BCUT2D eigenvalue weighted by Gasteiger charge is -2.28. The predicted octanol–water partition coefficient (Wildman–Crippen LogP) is 17.4. The van der Waals surface area contributed by atoms with Crippen molar-refractivity contribution >= 4 is 51.2 Å². The van der Waals surface area contributed by atoms with Crippen molar-refractivity contribution in [3.8, 4) is 33.4 Å². The van der Waals surface area contributed by atoms with E-state index in [0.717, 1.165) is 62.3 Å². The molecule has 0 atom stereocenters. The highest BCUT2D eigenvalue weighted by Crippen LogP contribution is 2.41. The normalized spacial score (nSPS) is 10.9. The summed E-state index contributed by atoms with van der Waals surface area (Å²) in [4.78, 5) is 6.96. The molecule has 0 saturated carbocycles. The lowest BCUT2D eigenvalue weighted by atomic mass is 10.0. The molecule has 3 nitrogen and oxygen atoms in total. The Morgan fingerprint density at radius 3 is 0.594 bits per heavy atom. The summed E-state index contributed by atoms with van der Waals surface area (Å²) in [5.41, 5.74) is 18.2. The summed E-state index contributed by atoms with van der Waals surface area (Å²) in [6.45, 7) is 2.13. The van der Waals surface area contributed by atoms with Crippen LogP contribution >= 0.6 is 0 Å². The van der Waals surface area contributed by atoms with Crippen molar-refractivity contribution < 1.29 is 0 Å². The van der Waals surface area contributed by atoms with E-state index in [0.29, 0.717) is 0 Å². The largest absolute Gasteiger partial charge is 0.311 e. The van der Waals surface area contributed by atoms with Crippen LogP contribution in [-0.2, 0) is 0 Å². The highest BCUT2D eigenvalue weighted by atomic mass is 15.2. The van der Waals surface area contributed by atoms with Crippen molar-refractivity contribution in [2.75, 3.05) is 14.7 Å². The van der Waals surface area contributed by atoms with E-state index in [-0.39, 0.29) is 0 Å². The number of hydrogen-bond donors (Lipinski definition) is 0. The highest BCUT2D eigenvalue weighted by Gasteiger charge is 2.18. The molecule has 0 heterocycles. The Hall–Kier alpha value is -8.40. The molecule has 0 aliphatic rings. The van der Waals surface area contributed by atoms with E-state index in [4.69, 9.17) is 0 Å². The van der Waals surface area contributed by atoms with Gasteiger partial charge in [-0.15, -0.1) is 0 Å². The summed E-state index contributed by atoms with van der Waals surface area (Å²) in [7, 11) is 0. The summed E-state index contributed by atoms with van der Waals surface area (Å²) in [6, 6.07) is 95.4. The number of aryl methyl sites for hydroxylation is 1. The minimum absolute atomic E-state index is 1.07. The van der Waals surface area contributed by atoms with Crippen LogP contribution < -0.4 is 14.7 Å². The summed E-state index contributed by atoms with van der Waals surface area (Å²) < 4.78 is 0. The van der Waals surface area contributed by atoms with Crippen molar-refractivity contribution in [2.24, 2.45) is 0 Å². The van der Waals surface area contributed by atoms with Gasteiger partial charge in [-0.1, -0.05) is 163 Å². The van der Waals surface area contributed by atoms with Crippen molar-refractivity contribution in [1.29, 1.82) is 0 Å². The second-order valence-electron chi connectivity index (χ2n) is 15.9. The van der Waals surface area contributed by atoms with E-state index in [1.54, 1.807) is 0 Å². The zero-order chi connectivity index (χ0) is 43.1. The zero-order valence-electron chi connectivity index (χ0n) is 35.7. The number of nitrogens with zero attached hydrogens (tertiary/aromatic N) is 3. The van der Waals surface area contributed by atoms with Gasteiger partial charge < -0.3 is 14.7 Å². The van der Waals surface area contributed by atoms with E-state index in [9.17, 15) is 0 Å². The summed E-state index contributed by atoms with van der Waals surface area (Å²) in [5, 5.41) is 0. The van der Waals surface area contributed by atoms with Gasteiger partial charge in [0.05, 0.1) is 0 Å². The van der Waals surface area contributed by atoms with Gasteiger partial charge in [-0.3, -0.25) is 0 Å². The van der Waals surface area contributed by atoms with Crippen molar-refractivity contribution in [1.82, 2.24) is 0 Å². The molecule has 0 unspecified atom stereocenters.